The Hall–Kier alpha value is -1.19. The molecule has 0 aliphatic heterocycles. The van der Waals surface area contributed by atoms with E-state index in [1.807, 2.05) is 13.8 Å². The highest BCUT2D eigenvalue weighted by Crippen LogP contribution is 2.35. The fraction of sp³-hybridized carbons (Fsp3) is 0.231. The Balaban J connectivity index is 2.67. The van der Waals surface area contributed by atoms with Gasteiger partial charge in [-0.05, 0) is 24.1 Å². The number of nitrogens with zero attached hydrogens (tertiary/aromatic N) is 2. The van der Waals surface area contributed by atoms with Gasteiger partial charge < -0.3 is 0 Å². The molecule has 0 N–H and O–H groups in total. The lowest BCUT2D eigenvalue weighted by Gasteiger charge is -2.13. The maximum Gasteiger partial charge on any atom is 0.136 e. The molecule has 0 radical (unpaired) electrons. The van der Waals surface area contributed by atoms with Crippen LogP contribution in [0.25, 0.3) is 11.3 Å². The van der Waals surface area contributed by atoms with Crippen LogP contribution >= 0.6 is 23.2 Å². The van der Waals surface area contributed by atoms with Crippen LogP contribution in [0.1, 0.15) is 25.3 Å². The first-order valence-electron chi connectivity index (χ1n) is 5.46. The molecule has 0 unspecified atom stereocenters. The molecule has 1 aromatic heterocycles. The minimum absolute atomic E-state index is 0.148. The van der Waals surface area contributed by atoms with Gasteiger partial charge in [-0.1, -0.05) is 37.0 Å². The van der Waals surface area contributed by atoms with Crippen molar-refractivity contribution in [3.8, 4) is 11.3 Å². The fourth-order valence-corrected chi connectivity index (χ4v) is 2.39. The molecule has 2 rings (SSSR count). The summed E-state index contributed by atoms with van der Waals surface area (Å²) in [6.45, 7) is 3.98. The van der Waals surface area contributed by atoms with Crippen LogP contribution < -0.4 is 0 Å². The number of halogens is 3. The lowest BCUT2D eigenvalue weighted by atomic mass is 9.98. The predicted octanol–water partition coefficient (Wildman–Crippen LogP) is 4.71. The van der Waals surface area contributed by atoms with Crippen molar-refractivity contribution in [2.24, 2.45) is 0 Å². The van der Waals surface area contributed by atoms with Crippen molar-refractivity contribution in [3.63, 3.8) is 0 Å². The third-order valence-corrected chi connectivity index (χ3v) is 3.21. The molecule has 5 heteroatoms. The number of benzene rings is 1. The second-order valence-electron chi connectivity index (χ2n) is 4.21. The number of hydrogen-bond acceptors (Lipinski definition) is 2. The van der Waals surface area contributed by atoms with E-state index in [0.29, 0.717) is 21.4 Å². The van der Waals surface area contributed by atoms with Crippen molar-refractivity contribution in [1.29, 1.82) is 0 Å². The highest BCUT2D eigenvalue weighted by atomic mass is 35.5. The summed E-state index contributed by atoms with van der Waals surface area (Å²) in [5, 5.41) is 0.710. The van der Waals surface area contributed by atoms with Crippen LogP contribution in [0.2, 0.25) is 10.2 Å². The number of rotatable bonds is 2. The normalized spacial score (nSPS) is 11.0. The van der Waals surface area contributed by atoms with Crippen molar-refractivity contribution in [2.75, 3.05) is 0 Å². The molecule has 1 heterocycles. The predicted molar refractivity (Wildman–Crippen MR) is 71.5 cm³/mol. The highest BCUT2D eigenvalue weighted by Gasteiger charge is 2.17. The Morgan fingerprint density at radius 1 is 1.17 bits per heavy atom. The fourth-order valence-electron chi connectivity index (χ4n) is 1.78. The topological polar surface area (TPSA) is 25.8 Å². The van der Waals surface area contributed by atoms with Crippen LogP contribution in [0.15, 0.2) is 24.5 Å². The summed E-state index contributed by atoms with van der Waals surface area (Å²) in [5.41, 5.74) is 2.12. The van der Waals surface area contributed by atoms with Crippen LogP contribution in [0, 0.1) is 5.82 Å². The van der Waals surface area contributed by atoms with Gasteiger partial charge in [-0.25, -0.2) is 14.4 Å². The van der Waals surface area contributed by atoms with E-state index in [1.54, 1.807) is 6.07 Å². The van der Waals surface area contributed by atoms with Crippen molar-refractivity contribution >= 4 is 23.2 Å². The standard InChI is InChI=1S/C13H11Cl2FN2/c1-7(2)11-12(17-6-18-13(11)15)9-4-3-8(16)5-10(9)14/h3-7H,1-2H3. The first kappa shape index (κ1) is 13.2. The third kappa shape index (κ3) is 2.47. The molecule has 2 nitrogen and oxygen atoms in total. The Kier molecular flexibility index (Phi) is 3.83. The molecule has 1 aromatic carbocycles. The minimum Gasteiger partial charge on any atom is -0.236 e. The summed E-state index contributed by atoms with van der Waals surface area (Å²) >= 11 is 12.1. The zero-order valence-corrected chi connectivity index (χ0v) is 11.4. The lowest BCUT2D eigenvalue weighted by molar-refractivity contribution is 0.628. The Morgan fingerprint density at radius 3 is 2.50 bits per heavy atom. The van der Waals surface area contributed by atoms with Gasteiger partial charge in [-0.2, -0.15) is 0 Å². The van der Waals surface area contributed by atoms with E-state index in [4.69, 9.17) is 23.2 Å². The summed E-state index contributed by atoms with van der Waals surface area (Å²) in [6, 6.07) is 4.21. The van der Waals surface area contributed by atoms with Gasteiger partial charge >= 0.3 is 0 Å². The quantitative estimate of drug-likeness (QED) is 0.746. The van der Waals surface area contributed by atoms with Gasteiger partial charge in [0, 0.05) is 11.1 Å². The van der Waals surface area contributed by atoms with Crippen molar-refractivity contribution < 1.29 is 4.39 Å². The Labute approximate surface area is 115 Å². The maximum absolute atomic E-state index is 13.1. The van der Waals surface area contributed by atoms with Gasteiger partial charge in [0.2, 0.25) is 0 Å². The van der Waals surface area contributed by atoms with Crippen LogP contribution in [-0.4, -0.2) is 9.97 Å². The highest BCUT2D eigenvalue weighted by molar-refractivity contribution is 6.33. The van der Waals surface area contributed by atoms with Crippen LogP contribution in [-0.2, 0) is 0 Å². The van der Waals surface area contributed by atoms with Gasteiger partial charge in [-0.15, -0.1) is 0 Å². The molecule has 2 aromatic rings. The SMILES string of the molecule is CC(C)c1c(Cl)ncnc1-c1ccc(F)cc1Cl. The smallest absolute Gasteiger partial charge is 0.136 e. The largest absolute Gasteiger partial charge is 0.236 e. The average molecular weight is 285 g/mol. The van der Waals surface area contributed by atoms with Crippen LogP contribution in [0.5, 0.6) is 0 Å². The molecule has 0 aliphatic carbocycles. The van der Waals surface area contributed by atoms with Crippen molar-refractivity contribution in [3.05, 3.63) is 46.1 Å². The first-order chi connectivity index (χ1) is 8.50. The van der Waals surface area contributed by atoms with Gasteiger partial charge in [0.25, 0.3) is 0 Å². The van der Waals surface area contributed by atoms with E-state index >= 15 is 0 Å². The molecule has 0 amide bonds. The molecule has 94 valence electrons. The van der Waals surface area contributed by atoms with Crippen molar-refractivity contribution in [2.45, 2.75) is 19.8 Å². The van der Waals surface area contributed by atoms with E-state index < -0.39 is 0 Å². The average Bonchev–Trinajstić information content (AvgIpc) is 2.28. The van der Waals surface area contributed by atoms with E-state index in [1.165, 1.54) is 18.5 Å². The van der Waals surface area contributed by atoms with E-state index in [9.17, 15) is 4.39 Å². The summed E-state index contributed by atoms with van der Waals surface area (Å²) < 4.78 is 13.1. The molecule has 0 spiro atoms. The molecule has 0 saturated carbocycles. The molecule has 0 bridgehead atoms. The third-order valence-electron chi connectivity index (χ3n) is 2.60. The van der Waals surface area contributed by atoms with E-state index in [0.717, 1.165) is 5.56 Å². The second-order valence-corrected chi connectivity index (χ2v) is 4.97. The monoisotopic (exact) mass is 284 g/mol. The van der Waals surface area contributed by atoms with Gasteiger partial charge in [0.1, 0.15) is 17.3 Å². The van der Waals surface area contributed by atoms with Gasteiger partial charge in [-0.3, -0.25) is 0 Å². The zero-order valence-electron chi connectivity index (χ0n) is 9.92. The number of hydrogen-bond donors (Lipinski definition) is 0. The second kappa shape index (κ2) is 5.21. The van der Waals surface area contributed by atoms with E-state index in [2.05, 4.69) is 9.97 Å². The molecule has 0 saturated heterocycles. The zero-order chi connectivity index (χ0) is 13.3. The summed E-state index contributed by atoms with van der Waals surface area (Å²) in [4.78, 5) is 8.19. The summed E-state index contributed by atoms with van der Waals surface area (Å²) in [7, 11) is 0. The van der Waals surface area contributed by atoms with Gasteiger partial charge in [0.05, 0.1) is 10.7 Å². The number of aromatic nitrogens is 2. The molecule has 0 atom stereocenters. The molecule has 0 fully saturated rings. The van der Waals surface area contributed by atoms with Crippen LogP contribution in [0.4, 0.5) is 4.39 Å². The lowest BCUT2D eigenvalue weighted by Crippen LogP contribution is -1.99. The Bertz CT molecular complexity index is 585. The first-order valence-corrected chi connectivity index (χ1v) is 6.22. The van der Waals surface area contributed by atoms with E-state index in [-0.39, 0.29) is 11.7 Å². The molecule has 0 aliphatic rings. The van der Waals surface area contributed by atoms with Crippen LogP contribution in [0.3, 0.4) is 0 Å². The minimum atomic E-state index is -0.380. The maximum atomic E-state index is 13.1. The summed E-state index contributed by atoms with van der Waals surface area (Å²) in [5.74, 6) is -0.232. The van der Waals surface area contributed by atoms with Gasteiger partial charge in [0.15, 0.2) is 0 Å². The Morgan fingerprint density at radius 2 is 1.89 bits per heavy atom. The molecule has 18 heavy (non-hydrogen) atoms. The molecular weight excluding hydrogens is 274 g/mol. The van der Waals surface area contributed by atoms with Crippen molar-refractivity contribution in [1.82, 2.24) is 9.97 Å². The summed E-state index contributed by atoms with van der Waals surface area (Å²) in [6.07, 6.45) is 1.38. The molecular formula is C13H11Cl2FN2.